The van der Waals surface area contributed by atoms with Gasteiger partial charge < -0.3 is 9.84 Å². The van der Waals surface area contributed by atoms with Crippen molar-refractivity contribution in [3.63, 3.8) is 0 Å². The van der Waals surface area contributed by atoms with Crippen LogP contribution in [0, 0.1) is 0 Å². The first-order valence-corrected chi connectivity index (χ1v) is 6.36. The second-order valence-corrected chi connectivity index (χ2v) is 4.90. The fraction of sp³-hybridized carbons (Fsp3) is 0.750. The fourth-order valence-electron chi connectivity index (χ4n) is 2.61. The average Bonchev–Trinajstić information content (AvgIpc) is 2.94. The van der Waals surface area contributed by atoms with E-state index in [2.05, 4.69) is 4.74 Å². The Morgan fingerprint density at radius 3 is 2.79 bits per heavy atom. The maximum atomic E-state index is 12.0. The van der Waals surface area contributed by atoms with Crippen molar-refractivity contribution in [2.45, 2.75) is 31.4 Å². The highest BCUT2D eigenvalue weighted by Crippen LogP contribution is 2.20. The summed E-state index contributed by atoms with van der Waals surface area (Å²) >= 11 is 0. The largest absolute Gasteiger partial charge is 0.468 e. The van der Waals surface area contributed by atoms with Crippen molar-refractivity contribution >= 4 is 17.8 Å². The van der Waals surface area contributed by atoms with Crippen LogP contribution >= 0.6 is 0 Å². The molecule has 0 bridgehead atoms. The number of aliphatic hydroxyl groups is 1. The lowest BCUT2D eigenvalue weighted by Gasteiger charge is -2.23. The molecule has 2 aliphatic rings. The van der Waals surface area contributed by atoms with E-state index in [4.69, 9.17) is 0 Å². The van der Waals surface area contributed by atoms with Crippen molar-refractivity contribution in [3.05, 3.63) is 0 Å². The van der Waals surface area contributed by atoms with Gasteiger partial charge in [0.15, 0.2) is 0 Å². The number of esters is 1. The lowest BCUT2D eigenvalue weighted by Crippen LogP contribution is -2.45. The van der Waals surface area contributed by atoms with Gasteiger partial charge in [0.1, 0.15) is 6.04 Å². The molecule has 0 aromatic carbocycles. The quantitative estimate of drug-likeness (QED) is 0.644. The number of methoxy groups -OCH3 is 1. The van der Waals surface area contributed by atoms with E-state index < -0.39 is 18.1 Å². The van der Waals surface area contributed by atoms with E-state index >= 15 is 0 Å². The van der Waals surface area contributed by atoms with Crippen LogP contribution in [-0.4, -0.2) is 71.6 Å². The summed E-state index contributed by atoms with van der Waals surface area (Å²) in [6.45, 7) is 0.646. The molecule has 0 saturated carbocycles. The van der Waals surface area contributed by atoms with Crippen molar-refractivity contribution < 1.29 is 24.2 Å². The highest BCUT2D eigenvalue weighted by Gasteiger charge is 2.39. The van der Waals surface area contributed by atoms with E-state index in [1.165, 1.54) is 12.0 Å². The lowest BCUT2D eigenvalue weighted by molar-refractivity contribution is -0.147. The molecule has 2 rings (SSSR count). The Hall–Kier alpha value is -1.47. The summed E-state index contributed by atoms with van der Waals surface area (Å²) in [6.07, 6.45) is 0.697. The molecule has 0 aromatic heterocycles. The number of hydrogen-bond donors (Lipinski definition) is 1. The van der Waals surface area contributed by atoms with Gasteiger partial charge in [-0.3, -0.25) is 24.2 Å². The summed E-state index contributed by atoms with van der Waals surface area (Å²) in [7, 11) is 1.27. The van der Waals surface area contributed by atoms with Crippen LogP contribution in [0.5, 0.6) is 0 Å². The molecule has 2 saturated heterocycles. The summed E-state index contributed by atoms with van der Waals surface area (Å²) < 4.78 is 4.66. The van der Waals surface area contributed by atoms with Crippen molar-refractivity contribution in [2.75, 3.05) is 26.7 Å². The van der Waals surface area contributed by atoms with Crippen LogP contribution in [0.2, 0.25) is 0 Å². The summed E-state index contributed by atoms with van der Waals surface area (Å²) in [5.41, 5.74) is 0. The van der Waals surface area contributed by atoms with E-state index in [1.807, 2.05) is 0 Å². The zero-order chi connectivity index (χ0) is 14.0. The van der Waals surface area contributed by atoms with Gasteiger partial charge in [-0.1, -0.05) is 0 Å². The first kappa shape index (κ1) is 14.0. The van der Waals surface area contributed by atoms with Crippen molar-refractivity contribution in [2.24, 2.45) is 0 Å². The van der Waals surface area contributed by atoms with Gasteiger partial charge in [-0.2, -0.15) is 0 Å². The van der Waals surface area contributed by atoms with Gasteiger partial charge >= 0.3 is 5.97 Å². The van der Waals surface area contributed by atoms with E-state index in [0.717, 1.165) is 0 Å². The predicted molar refractivity (Wildman–Crippen MR) is 64.0 cm³/mol. The summed E-state index contributed by atoms with van der Waals surface area (Å²) in [5.74, 6) is -0.943. The van der Waals surface area contributed by atoms with E-state index in [0.29, 0.717) is 19.4 Å². The standard InChI is InChI=1S/C12H18N2O5/c1-19-12(18)9-5-8(15)6-13(9)7-11(17)14-4-2-3-10(14)16/h8-9,15H,2-7H2,1H3. The molecule has 2 fully saturated rings. The van der Waals surface area contributed by atoms with Crippen LogP contribution in [0.1, 0.15) is 19.3 Å². The normalized spacial score (nSPS) is 27.9. The fourth-order valence-corrected chi connectivity index (χ4v) is 2.61. The minimum absolute atomic E-state index is 0.0391. The lowest BCUT2D eigenvalue weighted by atomic mass is 10.2. The Labute approximate surface area is 111 Å². The molecule has 0 radical (unpaired) electrons. The van der Waals surface area contributed by atoms with Crippen LogP contribution in [0.25, 0.3) is 0 Å². The number of imide groups is 1. The highest BCUT2D eigenvalue weighted by atomic mass is 16.5. The van der Waals surface area contributed by atoms with Gasteiger partial charge in [-0.25, -0.2) is 0 Å². The molecular weight excluding hydrogens is 252 g/mol. The number of carbonyl (C=O) groups excluding carboxylic acids is 3. The Morgan fingerprint density at radius 1 is 1.47 bits per heavy atom. The molecule has 2 unspecified atom stereocenters. The monoisotopic (exact) mass is 270 g/mol. The molecule has 2 amide bonds. The summed E-state index contributed by atoms with van der Waals surface area (Å²) in [6, 6.07) is -0.610. The van der Waals surface area contributed by atoms with Crippen LogP contribution in [0.15, 0.2) is 0 Å². The number of ether oxygens (including phenoxy) is 1. The maximum absolute atomic E-state index is 12.0. The van der Waals surface area contributed by atoms with Crippen molar-refractivity contribution in [1.29, 1.82) is 0 Å². The maximum Gasteiger partial charge on any atom is 0.323 e. The number of rotatable bonds is 3. The summed E-state index contributed by atoms with van der Waals surface area (Å²) in [5, 5.41) is 9.60. The van der Waals surface area contributed by atoms with Gasteiger partial charge in [0.2, 0.25) is 11.8 Å². The number of nitrogens with zero attached hydrogens (tertiary/aromatic N) is 2. The second-order valence-electron chi connectivity index (χ2n) is 4.90. The molecule has 2 aliphatic heterocycles. The third kappa shape index (κ3) is 2.93. The molecule has 0 spiro atoms. The van der Waals surface area contributed by atoms with Crippen molar-refractivity contribution in [1.82, 2.24) is 9.80 Å². The molecule has 7 nitrogen and oxygen atoms in total. The molecule has 1 N–H and O–H groups in total. The Kier molecular flexibility index (Phi) is 4.16. The van der Waals surface area contributed by atoms with Gasteiger partial charge in [0.05, 0.1) is 19.8 Å². The van der Waals surface area contributed by atoms with Gasteiger partial charge in [-0.05, 0) is 6.42 Å². The molecule has 2 heterocycles. The van der Waals surface area contributed by atoms with Crippen LogP contribution < -0.4 is 0 Å². The molecule has 0 aliphatic carbocycles. The third-order valence-electron chi connectivity index (χ3n) is 3.57. The minimum Gasteiger partial charge on any atom is -0.468 e. The topological polar surface area (TPSA) is 87.2 Å². The SMILES string of the molecule is COC(=O)C1CC(O)CN1CC(=O)N1CCCC1=O. The number of aliphatic hydroxyl groups excluding tert-OH is 1. The number of amides is 2. The molecule has 19 heavy (non-hydrogen) atoms. The van der Waals surface area contributed by atoms with E-state index in [1.54, 1.807) is 4.90 Å². The molecule has 0 aromatic rings. The zero-order valence-corrected chi connectivity index (χ0v) is 10.9. The Bertz CT molecular complexity index is 398. The zero-order valence-electron chi connectivity index (χ0n) is 10.9. The Morgan fingerprint density at radius 2 is 2.21 bits per heavy atom. The minimum atomic E-state index is -0.647. The highest BCUT2D eigenvalue weighted by molar-refractivity contribution is 5.97. The predicted octanol–water partition coefficient (Wildman–Crippen LogP) is -1.26. The number of carbonyl (C=O) groups is 3. The van der Waals surface area contributed by atoms with Crippen LogP contribution in [0.4, 0.5) is 0 Å². The van der Waals surface area contributed by atoms with Crippen molar-refractivity contribution in [3.8, 4) is 0 Å². The van der Waals surface area contributed by atoms with Gasteiger partial charge in [0.25, 0.3) is 0 Å². The molecule has 2 atom stereocenters. The van der Waals surface area contributed by atoms with Crippen LogP contribution in [-0.2, 0) is 19.1 Å². The first-order chi connectivity index (χ1) is 9.02. The summed E-state index contributed by atoms with van der Waals surface area (Å²) in [4.78, 5) is 37.8. The molecular formula is C12H18N2O5. The average molecular weight is 270 g/mol. The number of β-amino-alcohol motifs (C(OH)–C–C–N with tert-alkyl or cyclic N) is 1. The third-order valence-corrected chi connectivity index (χ3v) is 3.57. The molecule has 106 valence electrons. The van der Waals surface area contributed by atoms with E-state index in [9.17, 15) is 19.5 Å². The molecule has 7 heteroatoms. The smallest absolute Gasteiger partial charge is 0.323 e. The van der Waals surface area contributed by atoms with Gasteiger partial charge in [0, 0.05) is 25.9 Å². The number of likely N-dealkylation sites (tertiary alicyclic amines) is 2. The van der Waals surface area contributed by atoms with Crippen LogP contribution in [0.3, 0.4) is 0 Å². The second kappa shape index (κ2) is 5.66. The van der Waals surface area contributed by atoms with Gasteiger partial charge in [-0.15, -0.1) is 0 Å². The Balaban J connectivity index is 1.98. The first-order valence-electron chi connectivity index (χ1n) is 6.36. The van der Waals surface area contributed by atoms with E-state index in [-0.39, 0.29) is 31.3 Å². The number of hydrogen-bond acceptors (Lipinski definition) is 6.